The van der Waals surface area contributed by atoms with Crippen molar-refractivity contribution >= 4 is 24.0 Å². The molecule has 0 saturated heterocycles. The van der Waals surface area contributed by atoms with Crippen molar-refractivity contribution in [1.29, 1.82) is 5.26 Å². The summed E-state index contributed by atoms with van der Waals surface area (Å²) in [6.45, 7) is 0.662. The van der Waals surface area contributed by atoms with Gasteiger partial charge >= 0.3 is 7.48 Å². The molecule has 0 amide bonds. The molecular weight excluding hydrogens is 251 g/mol. The zero-order valence-electron chi connectivity index (χ0n) is 10.6. The highest BCUT2D eigenvalue weighted by atomic mass is 16.2. The van der Waals surface area contributed by atoms with Crippen LogP contribution in [0, 0.1) is 11.3 Å². The predicted octanol–water partition coefficient (Wildman–Crippen LogP) is 0.588. The Labute approximate surface area is 116 Å². The third-order valence-corrected chi connectivity index (χ3v) is 3.10. The van der Waals surface area contributed by atoms with Crippen LogP contribution in [0.3, 0.4) is 0 Å². The average Bonchev–Trinajstić information content (AvgIpc) is 2.90. The van der Waals surface area contributed by atoms with E-state index in [-0.39, 0.29) is 0 Å². The van der Waals surface area contributed by atoms with Gasteiger partial charge in [-0.2, -0.15) is 5.26 Å². The number of fused-ring (bicyclic) bond motifs is 1. The monoisotopic (exact) mass is 261 g/mol. The Kier molecular flexibility index (Phi) is 3.19. The Hall–Kier alpha value is -2.65. The molecule has 2 aromatic heterocycles. The van der Waals surface area contributed by atoms with Crippen LogP contribution in [0.4, 0.5) is 0 Å². The fourth-order valence-corrected chi connectivity index (χ4v) is 2.05. The van der Waals surface area contributed by atoms with E-state index in [1.54, 1.807) is 18.6 Å². The molecule has 20 heavy (non-hydrogen) atoms. The standard InChI is InChI=1S/C14H10BN4O/c16-6-12-5-13-14(7-17-12)19(9-18-13)8-10-1-3-11(15-20)4-2-10/h1-5,7,9,20H,8H2. The highest BCUT2D eigenvalue weighted by Crippen LogP contribution is 2.14. The molecule has 1 N–H and O–H groups in total. The van der Waals surface area contributed by atoms with Gasteiger partial charge in [-0.3, -0.25) is 0 Å². The number of hydrogen-bond donors (Lipinski definition) is 1. The van der Waals surface area contributed by atoms with E-state index in [1.165, 1.54) is 0 Å². The van der Waals surface area contributed by atoms with Crippen molar-refractivity contribution in [2.45, 2.75) is 6.54 Å². The molecule has 5 nitrogen and oxygen atoms in total. The lowest BCUT2D eigenvalue weighted by molar-refractivity contribution is 0.615. The molecule has 0 spiro atoms. The molecule has 3 rings (SSSR count). The molecule has 0 aliphatic heterocycles. The van der Waals surface area contributed by atoms with E-state index in [9.17, 15) is 0 Å². The van der Waals surface area contributed by atoms with Crippen LogP contribution in [-0.4, -0.2) is 27.0 Å². The average molecular weight is 261 g/mol. The second-order valence-corrected chi connectivity index (χ2v) is 4.41. The quantitative estimate of drug-likeness (QED) is 0.700. The van der Waals surface area contributed by atoms with Crippen molar-refractivity contribution < 1.29 is 5.02 Å². The lowest BCUT2D eigenvalue weighted by Crippen LogP contribution is -2.12. The maximum Gasteiger partial charge on any atom is 0.326 e. The summed E-state index contributed by atoms with van der Waals surface area (Å²) in [7, 11) is 1.07. The molecule has 0 aliphatic carbocycles. The number of aromatic nitrogens is 3. The Balaban J connectivity index is 1.92. The van der Waals surface area contributed by atoms with Crippen LogP contribution < -0.4 is 5.46 Å². The number of nitriles is 1. The van der Waals surface area contributed by atoms with Crippen LogP contribution in [0.25, 0.3) is 11.0 Å². The Morgan fingerprint density at radius 1 is 1.25 bits per heavy atom. The van der Waals surface area contributed by atoms with Gasteiger partial charge in [0, 0.05) is 12.6 Å². The summed E-state index contributed by atoms with van der Waals surface area (Å²) in [6, 6.07) is 11.3. The Bertz CT molecular complexity index is 789. The third-order valence-electron chi connectivity index (χ3n) is 3.10. The maximum absolute atomic E-state index is 8.90. The summed E-state index contributed by atoms with van der Waals surface area (Å²) >= 11 is 0. The van der Waals surface area contributed by atoms with Crippen molar-refractivity contribution in [1.82, 2.24) is 14.5 Å². The van der Waals surface area contributed by atoms with E-state index in [2.05, 4.69) is 9.97 Å². The van der Waals surface area contributed by atoms with Crippen LogP contribution in [0.1, 0.15) is 11.3 Å². The van der Waals surface area contributed by atoms with Gasteiger partial charge in [-0.1, -0.05) is 29.7 Å². The zero-order chi connectivity index (χ0) is 13.9. The first-order chi connectivity index (χ1) is 9.80. The van der Waals surface area contributed by atoms with E-state index in [0.29, 0.717) is 12.2 Å². The molecule has 1 aromatic carbocycles. The summed E-state index contributed by atoms with van der Waals surface area (Å²) in [6.07, 6.45) is 3.40. The summed E-state index contributed by atoms with van der Waals surface area (Å²) in [5.41, 5.74) is 3.88. The highest BCUT2D eigenvalue weighted by Gasteiger charge is 2.05. The Morgan fingerprint density at radius 3 is 2.75 bits per heavy atom. The van der Waals surface area contributed by atoms with Gasteiger partial charge in [-0.05, 0) is 5.56 Å². The first-order valence-corrected chi connectivity index (χ1v) is 6.07. The molecule has 2 heterocycles. The molecule has 0 aliphatic rings. The lowest BCUT2D eigenvalue weighted by atomic mass is 9.88. The largest absolute Gasteiger partial charge is 0.450 e. The van der Waals surface area contributed by atoms with Gasteiger partial charge in [0.05, 0.1) is 23.6 Å². The molecule has 3 aromatic rings. The van der Waals surface area contributed by atoms with Crippen LogP contribution in [-0.2, 0) is 6.54 Å². The van der Waals surface area contributed by atoms with Crippen LogP contribution in [0.2, 0.25) is 0 Å². The summed E-state index contributed by atoms with van der Waals surface area (Å²) < 4.78 is 1.97. The fourth-order valence-electron chi connectivity index (χ4n) is 2.05. The molecule has 0 fully saturated rings. The highest BCUT2D eigenvalue weighted by molar-refractivity contribution is 6.45. The number of benzene rings is 1. The van der Waals surface area contributed by atoms with Gasteiger partial charge in [-0.25, -0.2) is 9.97 Å². The van der Waals surface area contributed by atoms with Gasteiger partial charge < -0.3 is 9.59 Å². The topological polar surface area (TPSA) is 74.7 Å². The van der Waals surface area contributed by atoms with Gasteiger partial charge in [0.15, 0.2) is 0 Å². The zero-order valence-corrected chi connectivity index (χ0v) is 10.6. The number of imidazole rings is 1. The van der Waals surface area contributed by atoms with Crippen molar-refractivity contribution in [2.24, 2.45) is 0 Å². The van der Waals surface area contributed by atoms with Gasteiger partial charge in [-0.15, -0.1) is 0 Å². The molecule has 6 heteroatoms. The third kappa shape index (κ3) is 2.27. The minimum absolute atomic E-state index is 0.366. The molecule has 0 unspecified atom stereocenters. The molecule has 1 radical (unpaired) electrons. The first-order valence-electron chi connectivity index (χ1n) is 6.07. The SMILES string of the molecule is N#Cc1cc2ncn(Cc3ccc([B]O)cc3)c2cn1. The van der Waals surface area contributed by atoms with Crippen LogP contribution in [0.5, 0.6) is 0 Å². The van der Waals surface area contributed by atoms with Crippen molar-refractivity contribution in [2.75, 3.05) is 0 Å². The minimum Gasteiger partial charge on any atom is -0.450 e. The number of pyridine rings is 1. The predicted molar refractivity (Wildman–Crippen MR) is 75.4 cm³/mol. The molecule has 0 bridgehead atoms. The van der Waals surface area contributed by atoms with E-state index in [4.69, 9.17) is 10.3 Å². The summed E-state index contributed by atoms with van der Waals surface area (Å²) in [5.74, 6) is 0. The first kappa shape index (κ1) is 12.4. The van der Waals surface area contributed by atoms with Crippen molar-refractivity contribution in [3.8, 4) is 6.07 Å². The Morgan fingerprint density at radius 2 is 2.05 bits per heavy atom. The van der Waals surface area contributed by atoms with Gasteiger partial charge in [0.2, 0.25) is 0 Å². The number of hydrogen-bond acceptors (Lipinski definition) is 4. The molecular formula is C14H10BN4O. The minimum atomic E-state index is 0.366. The second-order valence-electron chi connectivity index (χ2n) is 4.41. The summed E-state index contributed by atoms with van der Waals surface area (Å²) in [4.78, 5) is 8.35. The van der Waals surface area contributed by atoms with E-state index >= 15 is 0 Å². The van der Waals surface area contributed by atoms with E-state index in [1.807, 2.05) is 34.9 Å². The lowest BCUT2D eigenvalue weighted by Gasteiger charge is -2.05. The number of nitrogens with zero attached hydrogens (tertiary/aromatic N) is 4. The molecule has 0 atom stereocenters. The van der Waals surface area contributed by atoms with Gasteiger partial charge in [0.25, 0.3) is 0 Å². The molecule has 95 valence electrons. The van der Waals surface area contributed by atoms with Crippen molar-refractivity contribution in [3.05, 3.63) is 54.1 Å². The number of rotatable bonds is 3. The fraction of sp³-hybridized carbons (Fsp3) is 0.0714. The smallest absolute Gasteiger partial charge is 0.326 e. The van der Waals surface area contributed by atoms with Crippen LogP contribution in [0.15, 0.2) is 42.9 Å². The van der Waals surface area contributed by atoms with E-state index in [0.717, 1.165) is 29.5 Å². The molecule has 0 saturated carbocycles. The maximum atomic E-state index is 8.90. The van der Waals surface area contributed by atoms with E-state index < -0.39 is 0 Å². The van der Waals surface area contributed by atoms with Crippen molar-refractivity contribution in [3.63, 3.8) is 0 Å². The second kappa shape index (κ2) is 5.15. The van der Waals surface area contributed by atoms with Crippen LogP contribution >= 0.6 is 0 Å². The summed E-state index contributed by atoms with van der Waals surface area (Å²) in [5, 5.41) is 17.7. The van der Waals surface area contributed by atoms with Gasteiger partial charge in [0.1, 0.15) is 11.8 Å². The normalized spacial score (nSPS) is 10.4.